The molecule has 0 spiro atoms. The van der Waals surface area contributed by atoms with Gasteiger partial charge in [0.2, 0.25) is 0 Å². The van der Waals surface area contributed by atoms with E-state index in [4.69, 9.17) is 0 Å². The molecule has 4 heteroatoms. The van der Waals surface area contributed by atoms with Crippen molar-refractivity contribution >= 4 is 0 Å². The van der Waals surface area contributed by atoms with Crippen LogP contribution >= 0.6 is 0 Å². The summed E-state index contributed by atoms with van der Waals surface area (Å²) >= 11 is 0. The Bertz CT molecular complexity index is 451. The van der Waals surface area contributed by atoms with Gasteiger partial charge in [-0.2, -0.15) is 5.10 Å². The minimum absolute atomic E-state index is 0.245. The molecule has 0 bridgehead atoms. The quantitative estimate of drug-likeness (QED) is 0.858. The largest absolute Gasteiger partial charge is 0.259 e. The van der Waals surface area contributed by atoms with Gasteiger partial charge in [-0.1, -0.05) is 19.4 Å². The molecule has 3 nitrogen and oxygen atoms in total. The van der Waals surface area contributed by atoms with Crippen molar-refractivity contribution in [3.8, 4) is 11.4 Å². The highest BCUT2D eigenvalue weighted by atomic mass is 19.1. The van der Waals surface area contributed by atoms with E-state index in [2.05, 4.69) is 22.1 Å². The number of H-pyrrole nitrogens is 1. The Morgan fingerprint density at radius 2 is 2.25 bits per heavy atom. The summed E-state index contributed by atoms with van der Waals surface area (Å²) in [6.07, 6.45) is 4.50. The average Bonchev–Trinajstić information content (AvgIpc) is 2.80. The van der Waals surface area contributed by atoms with Crippen LogP contribution in [0.4, 0.5) is 4.39 Å². The predicted octanol–water partition coefficient (Wildman–Crippen LogP) is 2.95. The smallest absolute Gasteiger partial charge is 0.158 e. The number of hydrogen-bond acceptors (Lipinski definition) is 2. The van der Waals surface area contributed by atoms with Crippen LogP contribution < -0.4 is 0 Å². The third kappa shape index (κ3) is 2.27. The zero-order valence-electron chi connectivity index (χ0n) is 9.20. The van der Waals surface area contributed by atoms with Gasteiger partial charge >= 0.3 is 0 Å². The van der Waals surface area contributed by atoms with Gasteiger partial charge in [-0.15, -0.1) is 0 Å². The van der Waals surface area contributed by atoms with Crippen LogP contribution in [0, 0.1) is 5.82 Å². The van der Waals surface area contributed by atoms with E-state index in [9.17, 15) is 4.39 Å². The van der Waals surface area contributed by atoms with Crippen molar-refractivity contribution in [1.29, 1.82) is 0 Å². The maximum atomic E-state index is 13.8. The fourth-order valence-corrected chi connectivity index (χ4v) is 1.62. The van der Waals surface area contributed by atoms with E-state index in [1.165, 1.54) is 6.33 Å². The first-order chi connectivity index (χ1) is 7.81. The molecule has 2 rings (SSSR count). The van der Waals surface area contributed by atoms with Gasteiger partial charge in [0, 0.05) is 0 Å². The Kier molecular flexibility index (Phi) is 3.29. The number of halogens is 1. The second-order valence-corrected chi connectivity index (χ2v) is 3.75. The number of rotatable bonds is 4. The van der Waals surface area contributed by atoms with Crippen molar-refractivity contribution in [1.82, 2.24) is 15.2 Å². The Morgan fingerprint density at radius 1 is 1.38 bits per heavy atom. The summed E-state index contributed by atoms with van der Waals surface area (Å²) in [6.45, 7) is 2.12. The molecule has 0 aliphatic heterocycles. The normalized spacial score (nSPS) is 10.6. The van der Waals surface area contributed by atoms with Crippen molar-refractivity contribution < 1.29 is 4.39 Å². The molecule has 0 atom stereocenters. The maximum Gasteiger partial charge on any atom is 0.158 e. The molecule has 0 saturated heterocycles. The van der Waals surface area contributed by atoms with Gasteiger partial charge in [-0.3, -0.25) is 5.10 Å². The number of aromatic nitrogens is 3. The first kappa shape index (κ1) is 10.8. The molecule has 0 radical (unpaired) electrons. The zero-order valence-corrected chi connectivity index (χ0v) is 9.20. The summed E-state index contributed by atoms with van der Waals surface area (Å²) < 4.78 is 13.8. The lowest BCUT2D eigenvalue weighted by atomic mass is 10.1. The van der Waals surface area contributed by atoms with Crippen molar-refractivity contribution in [2.75, 3.05) is 0 Å². The predicted molar refractivity (Wildman–Crippen MR) is 60.4 cm³/mol. The lowest BCUT2D eigenvalue weighted by molar-refractivity contribution is 0.626. The Balaban J connectivity index is 2.23. The highest BCUT2D eigenvalue weighted by Gasteiger charge is 2.08. The lowest BCUT2D eigenvalue weighted by Gasteiger charge is -2.03. The van der Waals surface area contributed by atoms with Crippen LogP contribution in [0.25, 0.3) is 11.4 Å². The topological polar surface area (TPSA) is 41.6 Å². The zero-order chi connectivity index (χ0) is 11.4. The summed E-state index contributed by atoms with van der Waals surface area (Å²) in [5, 5.41) is 6.36. The average molecular weight is 219 g/mol. The lowest BCUT2D eigenvalue weighted by Crippen LogP contribution is -1.91. The van der Waals surface area contributed by atoms with Crippen LogP contribution in [0.3, 0.4) is 0 Å². The number of unbranched alkanes of at least 4 members (excludes halogenated alkanes) is 1. The van der Waals surface area contributed by atoms with Crippen molar-refractivity contribution in [2.45, 2.75) is 26.2 Å². The SMILES string of the molecule is CCCCc1ccc(-c2ncn[nH]2)c(F)c1. The summed E-state index contributed by atoms with van der Waals surface area (Å²) in [5.74, 6) is 0.227. The highest BCUT2D eigenvalue weighted by Crippen LogP contribution is 2.20. The second-order valence-electron chi connectivity index (χ2n) is 3.75. The van der Waals surface area contributed by atoms with E-state index in [0.717, 1.165) is 24.8 Å². The molecule has 1 aromatic heterocycles. The van der Waals surface area contributed by atoms with Crippen LogP contribution in [0.15, 0.2) is 24.5 Å². The van der Waals surface area contributed by atoms with Gasteiger partial charge in [0.05, 0.1) is 5.56 Å². The molecule has 16 heavy (non-hydrogen) atoms. The number of nitrogens with one attached hydrogen (secondary N) is 1. The molecule has 0 fully saturated rings. The van der Waals surface area contributed by atoms with Crippen LogP contribution in [-0.2, 0) is 6.42 Å². The number of benzene rings is 1. The number of aromatic amines is 1. The summed E-state index contributed by atoms with van der Waals surface area (Å²) in [5.41, 5.74) is 1.50. The molecule has 0 amide bonds. The molecule has 0 unspecified atom stereocenters. The molecule has 1 N–H and O–H groups in total. The molecule has 84 valence electrons. The van der Waals surface area contributed by atoms with Crippen LogP contribution in [0.2, 0.25) is 0 Å². The van der Waals surface area contributed by atoms with Crippen molar-refractivity contribution in [2.24, 2.45) is 0 Å². The van der Waals surface area contributed by atoms with Gasteiger partial charge in [0.15, 0.2) is 5.82 Å². The highest BCUT2D eigenvalue weighted by molar-refractivity contribution is 5.55. The van der Waals surface area contributed by atoms with Gasteiger partial charge in [-0.25, -0.2) is 9.37 Å². The second kappa shape index (κ2) is 4.88. The van der Waals surface area contributed by atoms with Crippen LogP contribution in [0.5, 0.6) is 0 Å². The fourth-order valence-electron chi connectivity index (χ4n) is 1.62. The third-order valence-electron chi connectivity index (χ3n) is 2.52. The number of hydrogen-bond donors (Lipinski definition) is 1. The summed E-state index contributed by atoms with van der Waals surface area (Å²) in [6, 6.07) is 5.27. The van der Waals surface area contributed by atoms with Crippen molar-refractivity contribution in [3.05, 3.63) is 35.9 Å². The molecular formula is C12H14FN3. The Hall–Kier alpha value is -1.71. The molecule has 2 aromatic rings. The Morgan fingerprint density at radius 3 is 2.88 bits per heavy atom. The minimum Gasteiger partial charge on any atom is -0.259 e. The first-order valence-corrected chi connectivity index (χ1v) is 5.45. The van der Waals surface area contributed by atoms with E-state index in [-0.39, 0.29) is 5.82 Å². The molecule has 0 saturated carbocycles. The van der Waals surface area contributed by atoms with Gasteiger partial charge in [-0.05, 0) is 30.5 Å². The van der Waals surface area contributed by atoms with E-state index >= 15 is 0 Å². The van der Waals surface area contributed by atoms with Gasteiger partial charge in [0.25, 0.3) is 0 Å². The van der Waals surface area contributed by atoms with E-state index in [1.807, 2.05) is 6.07 Å². The molecule has 1 aromatic carbocycles. The fraction of sp³-hybridized carbons (Fsp3) is 0.333. The Labute approximate surface area is 93.7 Å². The van der Waals surface area contributed by atoms with Gasteiger partial charge < -0.3 is 0 Å². The van der Waals surface area contributed by atoms with E-state index in [1.54, 1.807) is 12.1 Å². The molecule has 0 aliphatic carbocycles. The van der Waals surface area contributed by atoms with Crippen LogP contribution in [0.1, 0.15) is 25.3 Å². The summed E-state index contributed by atoms with van der Waals surface area (Å²) in [7, 11) is 0. The maximum absolute atomic E-state index is 13.8. The van der Waals surface area contributed by atoms with Crippen LogP contribution in [-0.4, -0.2) is 15.2 Å². The van der Waals surface area contributed by atoms with E-state index in [0.29, 0.717) is 11.4 Å². The monoisotopic (exact) mass is 219 g/mol. The first-order valence-electron chi connectivity index (χ1n) is 5.45. The molecule has 1 heterocycles. The van der Waals surface area contributed by atoms with Gasteiger partial charge in [0.1, 0.15) is 12.1 Å². The third-order valence-corrected chi connectivity index (χ3v) is 2.52. The molecule has 0 aliphatic rings. The number of nitrogens with zero attached hydrogens (tertiary/aromatic N) is 2. The van der Waals surface area contributed by atoms with Crippen molar-refractivity contribution in [3.63, 3.8) is 0 Å². The summed E-state index contributed by atoms with van der Waals surface area (Å²) in [4.78, 5) is 3.93. The molecular weight excluding hydrogens is 205 g/mol. The minimum atomic E-state index is -0.245. The number of aryl methyl sites for hydroxylation is 1. The standard InChI is InChI=1S/C12H14FN3/c1-2-3-4-9-5-6-10(11(13)7-9)12-14-8-15-16-12/h5-8H,2-4H2,1H3,(H,14,15,16). The van der Waals surface area contributed by atoms with E-state index < -0.39 is 0 Å².